The maximum Gasteiger partial charge on any atom is 0.202 e. The van der Waals surface area contributed by atoms with Crippen LogP contribution < -0.4 is 10.00 Å². The van der Waals surface area contributed by atoms with Gasteiger partial charge in [0.2, 0.25) is 6.57 Å². The van der Waals surface area contributed by atoms with Crippen LogP contribution in [0.3, 0.4) is 0 Å². The van der Waals surface area contributed by atoms with Crippen LogP contribution in [0.1, 0.15) is 0 Å². The van der Waals surface area contributed by atoms with Gasteiger partial charge in [0, 0.05) is 4.90 Å². The molecule has 1 rings (SSSR count). The molecule has 1 aromatic rings. The number of nitrogens with one attached hydrogen (secondary N) is 1. The van der Waals surface area contributed by atoms with Crippen molar-refractivity contribution in [3.8, 4) is 0 Å². The number of hydrogen-bond acceptors (Lipinski definition) is 2. The molecule has 0 aliphatic heterocycles. The van der Waals surface area contributed by atoms with Gasteiger partial charge in [0.1, 0.15) is 0 Å². The van der Waals surface area contributed by atoms with E-state index < -0.39 is 6.57 Å². The van der Waals surface area contributed by atoms with Gasteiger partial charge in [0.15, 0.2) is 0 Å². The Balaban J connectivity index is 2.50. The van der Waals surface area contributed by atoms with Crippen molar-refractivity contribution in [3.05, 3.63) is 30.3 Å². The lowest BCUT2D eigenvalue weighted by Crippen LogP contribution is -2.06. The first-order chi connectivity index (χ1) is 5.58. The first-order valence-corrected chi connectivity index (χ1v) is 6.82. The Bertz CT molecular complexity index is 287. The van der Waals surface area contributed by atoms with Crippen LogP contribution in [0.15, 0.2) is 35.2 Å². The van der Waals surface area contributed by atoms with E-state index in [1.54, 1.807) is 0 Å². The summed E-state index contributed by atoms with van der Waals surface area (Å²) >= 11 is 5.84. The molecule has 0 heterocycles. The van der Waals surface area contributed by atoms with E-state index in [-0.39, 0.29) is 0 Å². The summed E-state index contributed by atoms with van der Waals surface area (Å²) in [7, 11) is 0. The zero-order valence-electron chi connectivity index (χ0n) is 6.18. The van der Waals surface area contributed by atoms with Gasteiger partial charge in [-0.15, -0.1) is 0 Å². The second kappa shape index (κ2) is 4.37. The molecule has 3 nitrogen and oxygen atoms in total. The molecule has 1 atom stereocenters. The van der Waals surface area contributed by atoms with Crippen molar-refractivity contribution in [1.82, 2.24) is 4.49 Å². The van der Waals surface area contributed by atoms with E-state index in [1.165, 1.54) is 11.9 Å². The summed E-state index contributed by atoms with van der Waals surface area (Å²) in [5.74, 6) is 0. The van der Waals surface area contributed by atoms with E-state index in [0.717, 1.165) is 4.90 Å². The third kappa shape index (κ3) is 4.21. The number of benzene rings is 1. The van der Waals surface area contributed by atoms with Gasteiger partial charge in [-0.2, -0.15) is 4.49 Å². The van der Waals surface area contributed by atoms with Gasteiger partial charge in [-0.3, -0.25) is 5.50 Å². The van der Waals surface area contributed by atoms with Crippen LogP contribution in [0.2, 0.25) is 0 Å². The minimum absolute atomic E-state index is 0.978. The van der Waals surface area contributed by atoms with Crippen molar-refractivity contribution in [3.63, 3.8) is 0 Å². The smallest absolute Gasteiger partial charge is 0.202 e. The van der Waals surface area contributed by atoms with Crippen molar-refractivity contribution < 1.29 is 4.89 Å². The molecule has 0 aromatic heterocycles. The normalized spacial score (nSPS) is 15.5. The molecular weight excluding hydrogens is 211 g/mol. The van der Waals surface area contributed by atoms with Gasteiger partial charge in [0.05, 0.1) is 0 Å². The maximum atomic E-state index is 9.05. The number of hydrogen-bond donors (Lipinski definition) is 3. The summed E-state index contributed by atoms with van der Waals surface area (Å²) < 4.78 is 2.61. The number of rotatable bonds is 3. The molecule has 0 saturated heterocycles. The summed E-state index contributed by atoms with van der Waals surface area (Å²) in [5.41, 5.74) is 5.23. The van der Waals surface area contributed by atoms with Crippen LogP contribution in [0, 0.1) is 0 Å². The molecule has 0 saturated carbocycles. The Labute approximate surface area is 80.7 Å². The first kappa shape index (κ1) is 10.2. The van der Waals surface area contributed by atoms with E-state index in [9.17, 15) is 0 Å². The monoisotopic (exact) mass is 220 g/mol. The largest absolute Gasteiger partial charge is 0.342 e. The van der Waals surface area contributed by atoms with Crippen molar-refractivity contribution in [2.75, 3.05) is 0 Å². The first-order valence-electron chi connectivity index (χ1n) is 3.18. The average molecular weight is 220 g/mol. The third-order valence-corrected chi connectivity index (χ3v) is 3.63. The van der Waals surface area contributed by atoms with Gasteiger partial charge in [-0.05, 0) is 35.9 Å². The molecule has 12 heavy (non-hydrogen) atoms. The van der Waals surface area contributed by atoms with E-state index in [1.807, 2.05) is 30.3 Å². The average Bonchev–Trinajstić information content (AvgIpc) is 2.02. The molecule has 0 amide bonds. The van der Waals surface area contributed by atoms with Crippen LogP contribution in [0.4, 0.5) is 0 Å². The van der Waals surface area contributed by atoms with Crippen LogP contribution in [0.5, 0.6) is 0 Å². The fraction of sp³-hybridized carbons (Fsp3) is 0. The standard InChI is InChI=1S/C6H9N2OPS2/c7-10(9,11)8-12-6-4-2-1-3-5-6/h1-5H,(H4,7,8,9,11). The van der Waals surface area contributed by atoms with Crippen LogP contribution in [-0.4, -0.2) is 4.89 Å². The van der Waals surface area contributed by atoms with Crippen molar-refractivity contribution in [2.24, 2.45) is 5.50 Å². The highest BCUT2D eigenvalue weighted by atomic mass is 32.5. The Kier molecular flexibility index (Phi) is 3.71. The van der Waals surface area contributed by atoms with Crippen molar-refractivity contribution in [2.45, 2.75) is 4.90 Å². The minimum Gasteiger partial charge on any atom is -0.342 e. The van der Waals surface area contributed by atoms with E-state index in [4.69, 9.17) is 10.4 Å². The molecule has 4 N–H and O–H groups in total. The highest BCUT2D eigenvalue weighted by Gasteiger charge is 2.03. The van der Waals surface area contributed by atoms with Crippen molar-refractivity contribution >= 4 is 30.3 Å². The van der Waals surface area contributed by atoms with Gasteiger partial charge in [-0.25, -0.2) is 0 Å². The summed E-state index contributed by atoms with van der Waals surface area (Å²) in [6.07, 6.45) is 0. The molecule has 0 bridgehead atoms. The molecule has 0 fully saturated rings. The van der Waals surface area contributed by atoms with Gasteiger partial charge in [-0.1, -0.05) is 18.2 Å². The van der Waals surface area contributed by atoms with Crippen LogP contribution in [0.25, 0.3) is 0 Å². The molecule has 6 heteroatoms. The Morgan fingerprint density at radius 2 is 2.00 bits per heavy atom. The van der Waals surface area contributed by atoms with Gasteiger partial charge in [0.25, 0.3) is 0 Å². The lowest BCUT2D eigenvalue weighted by atomic mass is 10.4. The third-order valence-electron chi connectivity index (χ3n) is 1.04. The molecule has 0 aliphatic carbocycles. The van der Waals surface area contributed by atoms with Gasteiger partial charge >= 0.3 is 0 Å². The molecular formula is C6H9N2OPS2. The molecule has 1 aromatic carbocycles. The molecule has 66 valence electrons. The Morgan fingerprint density at radius 3 is 2.50 bits per heavy atom. The summed E-state index contributed by atoms with van der Waals surface area (Å²) in [6.45, 7) is -2.78. The van der Waals surface area contributed by atoms with Crippen LogP contribution >= 0.6 is 18.5 Å². The molecule has 0 spiro atoms. The number of nitrogens with two attached hydrogens (primary N) is 1. The predicted octanol–water partition coefficient (Wildman–Crippen LogP) is 1.46. The second-order valence-electron chi connectivity index (χ2n) is 2.13. The summed E-state index contributed by atoms with van der Waals surface area (Å²) in [4.78, 5) is 10.0. The van der Waals surface area contributed by atoms with E-state index in [0.29, 0.717) is 0 Å². The lowest BCUT2D eigenvalue weighted by Gasteiger charge is -2.08. The zero-order chi connectivity index (χ0) is 9.03. The Hall–Kier alpha value is 0.100. The topological polar surface area (TPSA) is 58.3 Å². The fourth-order valence-electron chi connectivity index (χ4n) is 0.607. The van der Waals surface area contributed by atoms with Gasteiger partial charge < -0.3 is 4.89 Å². The molecule has 1 unspecified atom stereocenters. The zero-order valence-corrected chi connectivity index (χ0v) is 8.70. The van der Waals surface area contributed by atoms with E-state index >= 15 is 0 Å². The fourth-order valence-corrected chi connectivity index (χ4v) is 2.18. The predicted molar refractivity (Wildman–Crippen MR) is 56.1 cm³/mol. The van der Waals surface area contributed by atoms with E-state index in [2.05, 4.69) is 16.3 Å². The quantitative estimate of drug-likeness (QED) is 0.532. The SMILES string of the molecule is NP(O)(=S)NSc1ccccc1. The van der Waals surface area contributed by atoms with Crippen molar-refractivity contribution in [1.29, 1.82) is 0 Å². The Morgan fingerprint density at radius 1 is 1.42 bits per heavy atom. The molecule has 0 aliphatic rings. The molecule has 0 radical (unpaired) electrons. The summed E-state index contributed by atoms with van der Waals surface area (Å²) in [6, 6.07) is 9.54. The van der Waals surface area contributed by atoms with Crippen LogP contribution in [-0.2, 0) is 11.8 Å². The highest BCUT2D eigenvalue weighted by molar-refractivity contribution is 8.16. The highest BCUT2D eigenvalue weighted by Crippen LogP contribution is 2.30. The summed E-state index contributed by atoms with van der Waals surface area (Å²) in [5, 5.41) is 0. The second-order valence-corrected chi connectivity index (χ2v) is 6.45. The maximum absolute atomic E-state index is 9.05. The lowest BCUT2D eigenvalue weighted by molar-refractivity contribution is 0.620. The minimum atomic E-state index is -2.78.